The predicted octanol–water partition coefficient (Wildman–Crippen LogP) is 1.54. The van der Waals surface area contributed by atoms with E-state index in [0.29, 0.717) is 0 Å². The summed E-state index contributed by atoms with van der Waals surface area (Å²) in [5.41, 5.74) is 0. The molecule has 13 heteroatoms. The van der Waals surface area contributed by atoms with Crippen molar-refractivity contribution in [3.05, 3.63) is 0 Å². The van der Waals surface area contributed by atoms with E-state index in [4.69, 9.17) is 4.55 Å². The van der Waals surface area contributed by atoms with Crippen LogP contribution in [0.4, 0.5) is 22.0 Å². The molecule has 0 aliphatic heterocycles. The summed E-state index contributed by atoms with van der Waals surface area (Å²) in [4.78, 5) is 0. The molecular weight excluding hydrogens is 339 g/mol. The molecule has 0 aromatic rings. The topological polar surface area (TPSA) is 97.7 Å². The molecule has 0 spiro atoms. The second-order valence-corrected chi connectivity index (χ2v) is 6.88. The fraction of sp³-hybridized carbons (Fsp3) is 1.00. The predicted molar refractivity (Wildman–Crippen MR) is 56.1 cm³/mol. The van der Waals surface area contributed by atoms with Gasteiger partial charge in [0.1, 0.15) is 0 Å². The Kier molecular flexibility index (Phi) is 5.91. The highest BCUT2D eigenvalue weighted by Crippen LogP contribution is 2.38. The number of hydrogen-bond acceptors (Lipinski definition) is 5. The third-order valence-electron chi connectivity index (χ3n) is 1.94. The van der Waals surface area contributed by atoms with Gasteiger partial charge in [-0.05, 0) is 6.42 Å². The summed E-state index contributed by atoms with van der Waals surface area (Å²) in [6.07, 6.45) is -10.5. The minimum absolute atomic E-state index is 0.176. The van der Waals surface area contributed by atoms with E-state index in [1.54, 1.807) is 0 Å². The lowest BCUT2D eigenvalue weighted by atomic mass is 10.4. The lowest BCUT2D eigenvalue weighted by molar-refractivity contribution is -0.237. The molecule has 0 radical (unpaired) electrons. The third kappa shape index (κ3) is 5.10. The number of hydrogen-bond donors (Lipinski definition) is 1. The van der Waals surface area contributed by atoms with Crippen LogP contribution in [0.1, 0.15) is 19.8 Å². The van der Waals surface area contributed by atoms with Crippen LogP contribution in [0.15, 0.2) is 0 Å². The summed E-state index contributed by atoms with van der Waals surface area (Å²) in [5.74, 6) is -1.00. The zero-order valence-corrected chi connectivity index (χ0v) is 11.5. The molecule has 1 atom stereocenters. The molecule has 0 aliphatic rings. The Morgan fingerprint density at radius 3 is 1.85 bits per heavy atom. The molecule has 0 aromatic carbocycles. The first-order valence-corrected chi connectivity index (χ1v) is 7.99. The van der Waals surface area contributed by atoms with Gasteiger partial charge in [-0.25, -0.2) is 4.18 Å². The summed E-state index contributed by atoms with van der Waals surface area (Å²) >= 11 is 0. The van der Waals surface area contributed by atoms with Crippen LogP contribution >= 0.6 is 0 Å². The molecule has 0 bridgehead atoms. The van der Waals surface area contributed by atoms with Gasteiger partial charge >= 0.3 is 21.5 Å². The monoisotopic (exact) mass is 350 g/mol. The number of rotatable bonds is 7. The minimum atomic E-state index is -6.52. The molecule has 0 amide bonds. The van der Waals surface area contributed by atoms with E-state index >= 15 is 0 Å². The van der Waals surface area contributed by atoms with Crippen LogP contribution in [0.5, 0.6) is 0 Å². The molecule has 0 aromatic heterocycles. The van der Waals surface area contributed by atoms with Gasteiger partial charge in [0.2, 0.25) is 0 Å². The second-order valence-electron chi connectivity index (χ2n) is 3.67. The molecule has 0 aliphatic carbocycles. The maximum Gasteiger partial charge on any atom is 0.423 e. The molecule has 0 saturated heterocycles. The quantitative estimate of drug-likeness (QED) is 0.425. The Labute approximate surface area is 111 Å². The average Bonchev–Trinajstić information content (AvgIpc) is 2.20. The van der Waals surface area contributed by atoms with E-state index in [1.165, 1.54) is 6.92 Å². The van der Waals surface area contributed by atoms with Gasteiger partial charge < -0.3 is 0 Å². The summed E-state index contributed by atoms with van der Waals surface area (Å²) in [6, 6.07) is 0. The highest BCUT2D eigenvalue weighted by atomic mass is 32.2. The summed E-state index contributed by atoms with van der Waals surface area (Å²) in [6.45, 7) is 1.48. The number of alkyl halides is 5. The Hall–Kier alpha value is -0.530. The zero-order chi connectivity index (χ0) is 16.4. The molecule has 6 nitrogen and oxygen atoms in total. The van der Waals surface area contributed by atoms with Crippen molar-refractivity contribution in [3.8, 4) is 0 Å². The first-order chi connectivity index (χ1) is 8.65. The first kappa shape index (κ1) is 19.5. The highest BCUT2D eigenvalue weighted by molar-refractivity contribution is 7.87. The molecular formula is C7H11F5O6S2. The molecule has 122 valence electrons. The number of halogens is 5. The lowest BCUT2D eigenvalue weighted by Gasteiger charge is -2.25. The van der Waals surface area contributed by atoms with Crippen molar-refractivity contribution in [1.29, 1.82) is 0 Å². The lowest BCUT2D eigenvalue weighted by Crippen LogP contribution is -2.52. The van der Waals surface area contributed by atoms with Crippen molar-refractivity contribution < 1.29 is 47.5 Å². The second kappa shape index (κ2) is 6.07. The fourth-order valence-electron chi connectivity index (χ4n) is 0.952. The van der Waals surface area contributed by atoms with Crippen molar-refractivity contribution in [2.75, 3.05) is 5.75 Å². The third-order valence-corrected chi connectivity index (χ3v) is 4.11. The molecule has 20 heavy (non-hydrogen) atoms. The molecule has 0 saturated carbocycles. The average molecular weight is 350 g/mol. The van der Waals surface area contributed by atoms with Crippen molar-refractivity contribution in [3.63, 3.8) is 0 Å². The van der Waals surface area contributed by atoms with Gasteiger partial charge in [0.15, 0.2) is 0 Å². The normalized spacial score (nSPS) is 16.1. The van der Waals surface area contributed by atoms with Crippen LogP contribution in [0.3, 0.4) is 0 Å². The largest absolute Gasteiger partial charge is 0.423 e. The summed E-state index contributed by atoms with van der Waals surface area (Å²) in [7, 11) is -11.6. The van der Waals surface area contributed by atoms with Crippen LogP contribution in [0, 0.1) is 0 Å². The van der Waals surface area contributed by atoms with Gasteiger partial charge in [0.05, 0.1) is 5.75 Å². The smallest absolute Gasteiger partial charge is 0.281 e. The van der Waals surface area contributed by atoms with Crippen molar-refractivity contribution in [2.24, 2.45) is 0 Å². The van der Waals surface area contributed by atoms with Gasteiger partial charge in [-0.15, -0.1) is 0 Å². The first-order valence-electron chi connectivity index (χ1n) is 4.97. The minimum Gasteiger partial charge on any atom is -0.281 e. The van der Waals surface area contributed by atoms with Crippen LogP contribution in [-0.2, 0) is 24.4 Å². The maximum atomic E-state index is 13.0. The maximum absolute atomic E-state index is 13.0. The zero-order valence-electron chi connectivity index (χ0n) is 9.89. The van der Waals surface area contributed by atoms with E-state index in [2.05, 4.69) is 4.18 Å². The van der Waals surface area contributed by atoms with Gasteiger partial charge in [0, 0.05) is 0 Å². The van der Waals surface area contributed by atoms with Crippen LogP contribution < -0.4 is 0 Å². The van der Waals surface area contributed by atoms with E-state index in [0.717, 1.165) is 0 Å². The molecule has 1 N–H and O–H groups in total. The van der Waals surface area contributed by atoms with Crippen LogP contribution in [0.25, 0.3) is 0 Å². The number of unbranched alkanes of at least 4 members (excludes halogenated alkanes) is 1. The summed E-state index contributed by atoms with van der Waals surface area (Å²) < 4.78 is 117. The van der Waals surface area contributed by atoms with Gasteiger partial charge in [0.25, 0.3) is 16.2 Å². The Morgan fingerprint density at radius 1 is 1.10 bits per heavy atom. The highest BCUT2D eigenvalue weighted by Gasteiger charge is 2.66. The fourth-order valence-corrected chi connectivity index (χ4v) is 2.73. The summed E-state index contributed by atoms with van der Waals surface area (Å²) in [5, 5.41) is -5.86. The van der Waals surface area contributed by atoms with E-state index in [9.17, 15) is 38.8 Å². The Morgan fingerprint density at radius 2 is 1.55 bits per heavy atom. The SMILES string of the molecule is CCCCS(=O)(=O)OC(C(F)(F)F)C(F)(F)S(=O)(=O)O. The van der Waals surface area contributed by atoms with Crippen LogP contribution in [0.2, 0.25) is 0 Å². The molecule has 0 fully saturated rings. The van der Waals surface area contributed by atoms with Crippen molar-refractivity contribution >= 4 is 20.2 Å². The molecule has 0 heterocycles. The standard InChI is InChI=1S/C7H11F5O6S2/c1-2-3-4-19(13,14)18-5(6(8,9)10)7(11,12)20(15,16)17/h5H,2-4H2,1H3,(H,15,16,17). The van der Waals surface area contributed by atoms with Gasteiger partial charge in [-0.3, -0.25) is 4.55 Å². The van der Waals surface area contributed by atoms with Crippen LogP contribution in [-0.4, -0.2) is 44.7 Å². The van der Waals surface area contributed by atoms with Gasteiger partial charge in [-0.2, -0.15) is 38.8 Å². The van der Waals surface area contributed by atoms with Crippen molar-refractivity contribution in [2.45, 2.75) is 37.3 Å². The van der Waals surface area contributed by atoms with E-state index in [-0.39, 0.29) is 12.8 Å². The molecule has 1 unspecified atom stereocenters. The van der Waals surface area contributed by atoms with E-state index < -0.39 is 43.5 Å². The Balaban J connectivity index is 5.55. The Bertz CT molecular complexity index is 522. The molecule has 0 rings (SSSR count). The van der Waals surface area contributed by atoms with E-state index in [1.807, 2.05) is 0 Å². The van der Waals surface area contributed by atoms with Gasteiger partial charge in [-0.1, -0.05) is 13.3 Å². The van der Waals surface area contributed by atoms with Crippen molar-refractivity contribution in [1.82, 2.24) is 0 Å².